The number of benzene rings is 1. The van der Waals surface area contributed by atoms with Crippen molar-refractivity contribution < 1.29 is 19.2 Å². The van der Waals surface area contributed by atoms with Gasteiger partial charge in [0, 0.05) is 44.4 Å². The van der Waals surface area contributed by atoms with Crippen LogP contribution >= 0.6 is 0 Å². The number of H-pyrrole nitrogens is 1. The summed E-state index contributed by atoms with van der Waals surface area (Å²) in [4.78, 5) is 54.9. The molecule has 1 aromatic heterocycles. The smallest absolute Gasteiger partial charge is 0.243 e. The number of carbonyl (C=O) groups is 3. The highest BCUT2D eigenvalue weighted by atomic mass is 16.7. The fraction of sp³-hybridized carbons (Fsp3) is 0.571. The molecule has 4 rings (SSSR count). The molecule has 2 fully saturated rings. The number of likely N-dealkylation sites (tertiary alicyclic amines) is 1. The zero-order valence-corrected chi connectivity index (χ0v) is 22.8. The molecule has 3 heterocycles. The van der Waals surface area contributed by atoms with E-state index in [-0.39, 0.29) is 30.4 Å². The Bertz CT molecular complexity index is 1090. The number of hydrogen-bond acceptors (Lipinski definition) is 6. The number of nitrogens with one attached hydrogen (secondary N) is 3. The van der Waals surface area contributed by atoms with Crippen molar-refractivity contribution in [3.05, 3.63) is 53.6 Å². The highest BCUT2D eigenvalue weighted by Crippen LogP contribution is 2.21. The van der Waals surface area contributed by atoms with Crippen LogP contribution in [0.1, 0.15) is 76.0 Å². The van der Waals surface area contributed by atoms with Crippen LogP contribution in [0.3, 0.4) is 0 Å². The average Bonchev–Trinajstić information content (AvgIpc) is 3.49. The van der Waals surface area contributed by atoms with Gasteiger partial charge in [0.05, 0.1) is 18.6 Å². The van der Waals surface area contributed by atoms with Crippen molar-refractivity contribution >= 4 is 17.7 Å². The fourth-order valence-corrected chi connectivity index (χ4v) is 5.26. The fourth-order valence-electron chi connectivity index (χ4n) is 5.26. The summed E-state index contributed by atoms with van der Waals surface area (Å²) in [5.41, 5.74) is 2.09. The van der Waals surface area contributed by atoms with Crippen molar-refractivity contribution in [1.82, 2.24) is 30.6 Å². The SMILES string of the molecule is CC1CC(C(=O)N[C@@H](CC(=O)N2CCCC[C@@H]2C)C(=O)N[C@@H](C)c2ncc(Cc3ccccc3)[nH]2)N(C)O1. The van der Waals surface area contributed by atoms with E-state index in [2.05, 4.69) is 20.6 Å². The van der Waals surface area contributed by atoms with Crippen molar-refractivity contribution in [2.45, 2.75) is 89.6 Å². The summed E-state index contributed by atoms with van der Waals surface area (Å²) in [6, 6.07) is 8.21. The zero-order chi connectivity index (χ0) is 27.2. The van der Waals surface area contributed by atoms with Crippen LogP contribution in [-0.4, -0.2) is 75.5 Å². The molecule has 2 aliphatic heterocycles. The number of aromatic amines is 1. The summed E-state index contributed by atoms with van der Waals surface area (Å²) in [5, 5.41) is 7.30. The van der Waals surface area contributed by atoms with Crippen LogP contribution in [-0.2, 0) is 25.6 Å². The quantitative estimate of drug-likeness (QED) is 0.464. The molecule has 0 spiro atoms. The van der Waals surface area contributed by atoms with Crippen LogP contribution in [0.25, 0.3) is 0 Å². The van der Waals surface area contributed by atoms with E-state index in [1.54, 1.807) is 13.2 Å². The van der Waals surface area contributed by atoms with Gasteiger partial charge < -0.3 is 20.5 Å². The number of hydroxylamine groups is 2. The average molecular weight is 525 g/mol. The highest BCUT2D eigenvalue weighted by Gasteiger charge is 2.37. The van der Waals surface area contributed by atoms with Crippen molar-refractivity contribution in [2.75, 3.05) is 13.6 Å². The number of likely N-dealkylation sites (N-methyl/N-ethyl adjacent to an activating group) is 1. The summed E-state index contributed by atoms with van der Waals surface area (Å²) in [6.45, 7) is 6.43. The van der Waals surface area contributed by atoms with Crippen LogP contribution in [0.5, 0.6) is 0 Å². The number of hydrogen-bond donors (Lipinski definition) is 3. The molecule has 3 N–H and O–H groups in total. The van der Waals surface area contributed by atoms with E-state index in [0.717, 1.165) is 30.5 Å². The van der Waals surface area contributed by atoms with Gasteiger partial charge >= 0.3 is 0 Å². The monoisotopic (exact) mass is 524 g/mol. The first-order chi connectivity index (χ1) is 18.2. The lowest BCUT2D eigenvalue weighted by Crippen LogP contribution is -2.54. The third-order valence-electron chi connectivity index (χ3n) is 7.43. The molecule has 2 unspecified atom stereocenters. The third kappa shape index (κ3) is 6.99. The Balaban J connectivity index is 1.43. The number of aromatic nitrogens is 2. The molecular weight excluding hydrogens is 484 g/mol. The second-order valence-electron chi connectivity index (χ2n) is 10.6. The maximum absolute atomic E-state index is 13.4. The van der Waals surface area contributed by atoms with Gasteiger partial charge in [0.25, 0.3) is 0 Å². The maximum Gasteiger partial charge on any atom is 0.243 e. The lowest BCUT2D eigenvalue weighted by molar-refractivity contribution is -0.155. The van der Waals surface area contributed by atoms with Crippen molar-refractivity contribution in [3.8, 4) is 0 Å². The van der Waals surface area contributed by atoms with Gasteiger partial charge in [0.2, 0.25) is 17.7 Å². The van der Waals surface area contributed by atoms with Crippen LogP contribution in [0, 0.1) is 0 Å². The number of rotatable bonds is 9. The molecule has 1 aromatic carbocycles. The van der Waals surface area contributed by atoms with Crippen LogP contribution in [0.15, 0.2) is 36.5 Å². The van der Waals surface area contributed by atoms with E-state index < -0.39 is 24.0 Å². The summed E-state index contributed by atoms with van der Waals surface area (Å²) >= 11 is 0. The van der Waals surface area contributed by atoms with E-state index in [9.17, 15) is 14.4 Å². The van der Waals surface area contributed by atoms with Crippen molar-refractivity contribution in [3.63, 3.8) is 0 Å². The maximum atomic E-state index is 13.4. The van der Waals surface area contributed by atoms with E-state index >= 15 is 0 Å². The Morgan fingerprint density at radius 1 is 1.16 bits per heavy atom. The standard InChI is InChI=1S/C28H40N6O4/c1-18-10-8-9-13-34(18)25(35)16-23(32-28(37)24-14-19(2)38-33(24)4)27(36)30-20(3)26-29-17-22(31-26)15-21-11-6-5-7-12-21/h5-7,11-12,17-20,23-24H,8-10,13-16H2,1-4H3,(H,29,31)(H,30,36)(H,32,37)/t18-,19?,20-,23-,24?/m0/s1. The van der Waals surface area contributed by atoms with Gasteiger partial charge in [-0.25, -0.2) is 4.98 Å². The molecule has 0 bridgehead atoms. The Kier molecular flexibility index (Phi) is 9.17. The van der Waals surface area contributed by atoms with Gasteiger partial charge in [-0.3, -0.25) is 19.2 Å². The summed E-state index contributed by atoms with van der Waals surface area (Å²) < 4.78 is 0. The van der Waals surface area contributed by atoms with E-state index in [1.165, 1.54) is 5.06 Å². The highest BCUT2D eigenvalue weighted by molar-refractivity contribution is 5.93. The van der Waals surface area contributed by atoms with Gasteiger partial charge in [-0.05, 0) is 45.6 Å². The minimum absolute atomic E-state index is 0.0945. The summed E-state index contributed by atoms with van der Waals surface area (Å²) in [7, 11) is 1.70. The van der Waals surface area contributed by atoms with Crippen LogP contribution in [0.2, 0.25) is 0 Å². The molecule has 0 aliphatic carbocycles. The van der Waals surface area contributed by atoms with Crippen molar-refractivity contribution in [2.24, 2.45) is 0 Å². The third-order valence-corrected chi connectivity index (χ3v) is 7.43. The largest absolute Gasteiger partial charge is 0.345 e. The lowest BCUT2D eigenvalue weighted by Gasteiger charge is -2.34. The number of nitrogens with zero attached hydrogens (tertiary/aromatic N) is 3. The van der Waals surface area contributed by atoms with Crippen LogP contribution in [0.4, 0.5) is 0 Å². The molecular formula is C28H40N6O4. The molecule has 10 nitrogen and oxygen atoms in total. The summed E-state index contributed by atoms with van der Waals surface area (Å²) in [6.07, 6.45) is 5.76. The lowest BCUT2D eigenvalue weighted by atomic mass is 10.0. The summed E-state index contributed by atoms with van der Waals surface area (Å²) in [5.74, 6) is -0.257. The van der Waals surface area contributed by atoms with Gasteiger partial charge in [-0.1, -0.05) is 30.3 Å². The molecule has 3 amide bonds. The first kappa shape index (κ1) is 27.8. The van der Waals surface area contributed by atoms with Crippen LogP contribution < -0.4 is 10.6 Å². The second kappa shape index (κ2) is 12.5. The minimum Gasteiger partial charge on any atom is -0.345 e. The Morgan fingerprint density at radius 2 is 1.92 bits per heavy atom. The van der Waals surface area contributed by atoms with Gasteiger partial charge in [0.1, 0.15) is 17.9 Å². The molecule has 2 aromatic rings. The predicted octanol–water partition coefficient (Wildman–Crippen LogP) is 2.48. The molecule has 38 heavy (non-hydrogen) atoms. The van der Waals surface area contributed by atoms with E-state index in [1.807, 2.05) is 56.0 Å². The topological polar surface area (TPSA) is 120 Å². The zero-order valence-electron chi connectivity index (χ0n) is 22.8. The van der Waals surface area contributed by atoms with E-state index in [4.69, 9.17) is 4.84 Å². The van der Waals surface area contributed by atoms with Gasteiger partial charge in [0.15, 0.2) is 0 Å². The number of carbonyl (C=O) groups excluding carboxylic acids is 3. The number of piperidine rings is 1. The Morgan fingerprint density at radius 3 is 2.61 bits per heavy atom. The molecule has 5 atom stereocenters. The first-order valence-electron chi connectivity index (χ1n) is 13.6. The minimum atomic E-state index is -1.00. The Hall–Kier alpha value is -3.24. The Labute approximate surface area is 224 Å². The molecule has 2 saturated heterocycles. The molecule has 0 saturated carbocycles. The van der Waals surface area contributed by atoms with Crippen molar-refractivity contribution in [1.29, 1.82) is 0 Å². The molecule has 206 valence electrons. The number of imidazole rings is 1. The molecule has 10 heteroatoms. The molecule has 2 aliphatic rings. The molecule has 0 radical (unpaired) electrons. The first-order valence-corrected chi connectivity index (χ1v) is 13.6. The second-order valence-corrected chi connectivity index (χ2v) is 10.6. The van der Waals surface area contributed by atoms with Gasteiger partial charge in [-0.15, -0.1) is 0 Å². The predicted molar refractivity (Wildman–Crippen MR) is 143 cm³/mol. The normalized spacial score (nSPS) is 23.6. The number of amides is 3. The van der Waals surface area contributed by atoms with Gasteiger partial charge in [-0.2, -0.15) is 5.06 Å². The van der Waals surface area contributed by atoms with E-state index in [0.29, 0.717) is 25.2 Å².